The molecule has 0 radical (unpaired) electrons. The summed E-state index contributed by atoms with van der Waals surface area (Å²) in [5, 5.41) is 0. The molecule has 11 rings (SSSR count). The first-order chi connectivity index (χ1) is 28.3. The smallest absolute Gasteiger partial charge is 0.164 e. The van der Waals surface area contributed by atoms with Gasteiger partial charge in [0.1, 0.15) is 0 Å². The number of hydrogen-bond donors (Lipinski definition) is 0. The van der Waals surface area contributed by atoms with Gasteiger partial charge in [0.2, 0.25) is 0 Å². The van der Waals surface area contributed by atoms with E-state index in [2.05, 4.69) is 170 Å². The molecule has 1 aromatic heterocycles. The molecule has 3 nitrogen and oxygen atoms in total. The minimum atomic E-state index is -0.517. The van der Waals surface area contributed by atoms with Gasteiger partial charge in [0.15, 0.2) is 17.5 Å². The van der Waals surface area contributed by atoms with Gasteiger partial charge in [-0.3, -0.25) is 0 Å². The van der Waals surface area contributed by atoms with Crippen molar-refractivity contribution in [1.82, 2.24) is 15.0 Å². The molecule has 9 aromatic rings. The topological polar surface area (TPSA) is 38.7 Å². The second kappa shape index (κ2) is 13.5. The molecule has 1 spiro atoms. The van der Waals surface area contributed by atoms with E-state index in [1.807, 2.05) is 36.4 Å². The average Bonchev–Trinajstić information content (AvgIpc) is 3.76. The summed E-state index contributed by atoms with van der Waals surface area (Å²) < 4.78 is 0. The van der Waals surface area contributed by atoms with E-state index in [9.17, 15) is 0 Å². The number of hydrogen-bond acceptors (Lipinski definition) is 3. The SMILES string of the molecule is c1ccc(-c2nc(-c3ccccc3)nc(-c3ccc4c(c3)C3(c5ccccc5-c5ccccc53)c3cc(CC(c5ccccc5)c5ccccc5)ccc3-4)n2)cc1. The van der Waals surface area contributed by atoms with Gasteiger partial charge in [-0.25, -0.2) is 15.0 Å². The molecule has 0 saturated heterocycles. The van der Waals surface area contributed by atoms with Gasteiger partial charge < -0.3 is 0 Å². The molecule has 2 aliphatic carbocycles. The number of aromatic nitrogens is 3. The standard InChI is InChI=1S/C54H37N3/c1-5-17-37(18-6-1)46(38-19-7-2-8-20-38)33-36-29-31-44-45-32-30-41(53-56-51(39-21-9-3-10-22-39)55-52(57-53)40-23-11-4-12-24-40)35-50(45)54(49(44)34-36)47-27-15-13-25-42(47)43-26-14-16-28-48(43)54/h1-32,34-35,46H,33H2. The molecule has 0 fully saturated rings. The van der Waals surface area contributed by atoms with Crippen molar-refractivity contribution < 1.29 is 0 Å². The second-order valence-corrected chi connectivity index (χ2v) is 15.1. The zero-order chi connectivity index (χ0) is 37.8. The fourth-order valence-electron chi connectivity index (χ4n) is 9.42. The van der Waals surface area contributed by atoms with Gasteiger partial charge in [-0.05, 0) is 73.7 Å². The van der Waals surface area contributed by atoms with Crippen LogP contribution in [-0.4, -0.2) is 15.0 Å². The van der Waals surface area contributed by atoms with E-state index < -0.39 is 5.41 Å². The van der Waals surface area contributed by atoms with Crippen LogP contribution in [0.15, 0.2) is 206 Å². The third-order valence-electron chi connectivity index (χ3n) is 12.0. The summed E-state index contributed by atoms with van der Waals surface area (Å²) in [4.78, 5) is 15.3. The molecule has 0 amide bonds. The fraction of sp³-hybridized carbons (Fsp3) is 0.0556. The highest BCUT2D eigenvalue weighted by atomic mass is 15.0. The maximum Gasteiger partial charge on any atom is 0.164 e. The first-order valence-electron chi connectivity index (χ1n) is 19.7. The summed E-state index contributed by atoms with van der Waals surface area (Å²) in [5.41, 5.74) is 16.6. The maximum absolute atomic E-state index is 5.16. The molecular formula is C54H37N3. The molecule has 1 heterocycles. The lowest BCUT2D eigenvalue weighted by molar-refractivity contribution is 0.777. The lowest BCUT2D eigenvalue weighted by Crippen LogP contribution is -2.26. The third-order valence-corrected chi connectivity index (χ3v) is 12.0. The van der Waals surface area contributed by atoms with Gasteiger partial charge in [-0.1, -0.05) is 200 Å². The van der Waals surface area contributed by atoms with Crippen LogP contribution < -0.4 is 0 Å². The van der Waals surface area contributed by atoms with E-state index >= 15 is 0 Å². The quantitative estimate of drug-likeness (QED) is 0.164. The first-order valence-corrected chi connectivity index (χ1v) is 19.7. The Morgan fingerprint density at radius 3 is 1.26 bits per heavy atom. The van der Waals surface area contributed by atoms with Gasteiger partial charge in [0, 0.05) is 22.6 Å². The zero-order valence-corrected chi connectivity index (χ0v) is 31.3. The van der Waals surface area contributed by atoms with E-state index in [4.69, 9.17) is 15.0 Å². The van der Waals surface area contributed by atoms with Crippen molar-refractivity contribution in [3.63, 3.8) is 0 Å². The summed E-state index contributed by atoms with van der Waals surface area (Å²) in [6.45, 7) is 0. The molecule has 3 heteroatoms. The maximum atomic E-state index is 5.16. The second-order valence-electron chi connectivity index (χ2n) is 15.1. The summed E-state index contributed by atoms with van der Waals surface area (Å²) in [5.74, 6) is 2.20. The predicted octanol–water partition coefficient (Wildman–Crippen LogP) is 12.6. The normalized spacial score (nSPS) is 12.9. The summed E-state index contributed by atoms with van der Waals surface area (Å²) in [6.07, 6.45) is 0.887. The molecule has 0 saturated carbocycles. The van der Waals surface area contributed by atoms with Crippen LogP contribution >= 0.6 is 0 Å². The first kappa shape index (κ1) is 33.1. The minimum absolute atomic E-state index is 0.224. The van der Waals surface area contributed by atoms with E-state index in [1.54, 1.807) is 0 Å². The Bertz CT molecular complexity index is 2780. The van der Waals surface area contributed by atoms with Crippen molar-refractivity contribution in [3.8, 4) is 56.4 Å². The van der Waals surface area contributed by atoms with Gasteiger partial charge in [0.05, 0.1) is 5.41 Å². The summed E-state index contributed by atoms with van der Waals surface area (Å²) in [6, 6.07) is 74.4. The molecule has 57 heavy (non-hydrogen) atoms. The Kier molecular flexibility index (Phi) is 7.85. The van der Waals surface area contributed by atoms with Gasteiger partial charge in [-0.2, -0.15) is 0 Å². The van der Waals surface area contributed by atoms with E-state index in [0.29, 0.717) is 17.5 Å². The summed E-state index contributed by atoms with van der Waals surface area (Å²) in [7, 11) is 0. The lowest BCUT2D eigenvalue weighted by atomic mass is 9.70. The molecule has 0 aliphatic heterocycles. The molecule has 2 aliphatic rings. The molecule has 0 N–H and O–H groups in total. The number of fused-ring (bicyclic) bond motifs is 10. The van der Waals surface area contributed by atoms with Crippen LogP contribution in [-0.2, 0) is 11.8 Å². The zero-order valence-electron chi connectivity index (χ0n) is 31.3. The highest BCUT2D eigenvalue weighted by Crippen LogP contribution is 2.63. The fourth-order valence-corrected chi connectivity index (χ4v) is 9.42. The Morgan fingerprint density at radius 2 is 0.737 bits per heavy atom. The molecular weight excluding hydrogens is 691 g/mol. The van der Waals surface area contributed by atoms with E-state index in [0.717, 1.165) is 23.1 Å². The van der Waals surface area contributed by atoms with Crippen LogP contribution in [0.1, 0.15) is 44.9 Å². The molecule has 8 aromatic carbocycles. The molecule has 0 unspecified atom stereocenters. The van der Waals surface area contributed by atoms with E-state index in [-0.39, 0.29) is 5.92 Å². The van der Waals surface area contributed by atoms with Crippen molar-refractivity contribution in [2.75, 3.05) is 0 Å². The number of benzene rings is 8. The number of rotatable bonds is 7. The molecule has 0 atom stereocenters. The highest BCUT2D eigenvalue weighted by Gasteiger charge is 2.51. The third kappa shape index (κ3) is 5.38. The average molecular weight is 728 g/mol. The summed E-state index contributed by atoms with van der Waals surface area (Å²) >= 11 is 0. The Labute approximate surface area is 333 Å². The van der Waals surface area contributed by atoms with Crippen LogP contribution in [0.25, 0.3) is 56.4 Å². The Morgan fingerprint density at radius 1 is 0.333 bits per heavy atom. The Balaban J connectivity index is 1.12. The van der Waals surface area contributed by atoms with Crippen molar-refractivity contribution in [1.29, 1.82) is 0 Å². The van der Waals surface area contributed by atoms with Crippen LogP contribution in [0.3, 0.4) is 0 Å². The lowest BCUT2D eigenvalue weighted by Gasteiger charge is -2.31. The molecule has 0 bridgehead atoms. The Hall–Kier alpha value is -7.23. The van der Waals surface area contributed by atoms with E-state index in [1.165, 1.54) is 61.2 Å². The highest BCUT2D eigenvalue weighted by molar-refractivity contribution is 5.96. The number of nitrogens with zero attached hydrogens (tertiary/aromatic N) is 3. The van der Waals surface area contributed by atoms with Gasteiger partial charge in [-0.15, -0.1) is 0 Å². The molecule has 268 valence electrons. The van der Waals surface area contributed by atoms with Crippen LogP contribution in [0, 0.1) is 0 Å². The largest absolute Gasteiger partial charge is 0.208 e. The van der Waals surface area contributed by atoms with Gasteiger partial charge >= 0.3 is 0 Å². The predicted molar refractivity (Wildman–Crippen MR) is 231 cm³/mol. The van der Waals surface area contributed by atoms with Crippen molar-refractivity contribution in [2.45, 2.75) is 17.8 Å². The van der Waals surface area contributed by atoms with Crippen LogP contribution in [0.4, 0.5) is 0 Å². The monoisotopic (exact) mass is 727 g/mol. The van der Waals surface area contributed by atoms with Crippen molar-refractivity contribution in [2.24, 2.45) is 0 Å². The van der Waals surface area contributed by atoms with Crippen molar-refractivity contribution >= 4 is 0 Å². The minimum Gasteiger partial charge on any atom is -0.208 e. The van der Waals surface area contributed by atoms with Crippen LogP contribution in [0.2, 0.25) is 0 Å². The van der Waals surface area contributed by atoms with Crippen molar-refractivity contribution in [3.05, 3.63) is 245 Å². The van der Waals surface area contributed by atoms with Gasteiger partial charge in [0.25, 0.3) is 0 Å². The van der Waals surface area contributed by atoms with Crippen LogP contribution in [0.5, 0.6) is 0 Å².